The predicted octanol–water partition coefficient (Wildman–Crippen LogP) is 6.56. The molecular formula is C23H12Cl2N4. The molecule has 6 aromatic rings. The number of fused-ring (bicyclic) bond motifs is 8. The molecule has 0 aliphatic heterocycles. The summed E-state index contributed by atoms with van der Waals surface area (Å²) in [5.74, 6) is 0. The highest BCUT2D eigenvalue weighted by Gasteiger charge is 2.18. The Morgan fingerprint density at radius 3 is 2.34 bits per heavy atom. The zero-order chi connectivity index (χ0) is 19.5. The molecule has 0 unspecified atom stereocenters. The van der Waals surface area contributed by atoms with E-state index in [1.807, 2.05) is 36.4 Å². The molecule has 6 heteroatoms. The largest absolute Gasteiger partial charge is 0.290 e. The fraction of sp³-hybridized carbons (Fsp3) is 0. The summed E-state index contributed by atoms with van der Waals surface area (Å²) in [5.41, 5.74) is 6.47. The lowest BCUT2D eigenvalue weighted by molar-refractivity contribution is 1.21. The lowest BCUT2D eigenvalue weighted by Crippen LogP contribution is -1.96. The van der Waals surface area contributed by atoms with Crippen LogP contribution >= 0.6 is 23.2 Å². The van der Waals surface area contributed by atoms with Gasteiger partial charge in [0, 0.05) is 5.39 Å². The molecular weight excluding hydrogens is 403 g/mol. The van der Waals surface area contributed by atoms with Gasteiger partial charge < -0.3 is 0 Å². The van der Waals surface area contributed by atoms with Crippen LogP contribution in [0.5, 0.6) is 0 Å². The van der Waals surface area contributed by atoms with Gasteiger partial charge in [-0.05, 0) is 47.0 Å². The van der Waals surface area contributed by atoms with Gasteiger partial charge in [0.05, 0.1) is 21.9 Å². The number of halogens is 2. The van der Waals surface area contributed by atoms with Crippen LogP contribution in [0.25, 0.3) is 49.6 Å². The molecule has 0 spiro atoms. The first-order chi connectivity index (χ1) is 14.2. The summed E-state index contributed by atoms with van der Waals surface area (Å²) in [6.45, 7) is 0. The second-order valence-electron chi connectivity index (χ2n) is 6.86. The molecule has 3 aromatic carbocycles. The second-order valence-corrected chi connectivity index (χ2v) is 7.56. The number of pyridine rings is 1. The Morgan fingerprint density at radius 2 is 1.48 bits per heavy atom. The third-order valence-corrected chi connectivity index (χ3v) is 5.67. The van der Waals surface area contributed by atoms with Crippen LogP contribution in [0.4, 0.5) is 0 Å². The van der Waals surface area contributed by atoms with Crippen LogP contribution in [0, 0.1) is 0 Å². The third-order valence-electron chi connectivity index (χ3n) is 5.22. The Bertz CT molecular complexity index is 1570. The van der Waals surface area contributed by atoms with Crippen molar-refractivity contribution in [1.29, 1.82) is 0 Å². The van der Waals surface area contributed by atoms with E-state index in [1.54, 1.807) is 0 Å². The number of rotatable bonds is 1. The zero-order valence-electron chi connectivity index (χ0n) is 15.0. The van der Waals surface area contributed by atoms with Crippen molar-refractivity contribution < 1.29 is 0 Å². The molecule has 3 heterocycles. The number of para-hydroxylation sites is 2. The van der Waals surface area contributed by atoms with Crippen LogP contribution in [-0.2, 0) is 0 Å². The quantitative estimate of drug-likeness (QED) is 0.174. The van der Waals surface area contributed by atoms with Gasteiger partial charge in [0.25, 0.3) is 0 Å². The minimum atomic E-state index is 0.107. The van der Waals surface area contributed by atoms with Gasteiger partial charge in [0.1, 0.15) is 10.7 Å². The Hall–Kier alpha value is -3.21. The molecule has 0 aliphatic rings. The predicted molar refractivity (Wildman–Crippen MR) is 119 cm³/mol. The molecule has 0 amide bonds. The van der Waals surface area contributed by atoms with Gasteiger partial charge in [0.15, 0.2) is 5.65 Å². The second kappa shape index (κ2) is 6.14. The number of aromatic nitrogens is 4. The SMILES string of the molecule is Clc1nc(Cl)c2c3cc(-c4ccccc4)ccc3n3c4ccccc4nc3c2n1. The standard InChI is InChI=1S/C23H12Cl2N4/c24-21-19-15-12-14(13-6-2-1-3-7-13)10-11-17(15)29-18-9-5-4-8-16(18)26-22(29)20(19)27-23(25)28-21/h1-12H. The van der Waals surface area contributed by atoms with Gasteiger partial charge in [-0.1, -0.05) is 60.1 Å². The van der Waals surface area contributed by atoms with Crippen LogP contribution in [0.3, 0.4) is 0 Å². The molecule has 0 saturated carbocycles. The van der Waals surface area contributed by atoms with Crippen molar-refractivity contribution in [2.45, 2.75) is 0 Å². The minimum absolute atomic E-state index is 0.107. The van der Waals surface area contributed by atoms with Gasteiger partial charge in [-0.15, -0.1) is 0 Å². The molecule has 0 saturated heterocycles. The molecule has 0 aliphatic carbocycles. The number of nitrogens with zero attached hydrogens (tertiary/aromatic N) is 4. The smallest absolute Gasteiger partial charge is 0.224 e. The number of hydrogen-bond acceptors (Lipinski definition) is 3. The van der Waals surface area contributed by atoms with Gasteiger partial charge >= 0.3 is 0 Å². The molecule has 0 N–H and O–H groups in total. The molecule has 0 fully saturated rings. The van der Waals surface area contributed by atoms with E-state index in [0.29, 0.717) is 16.3 Å². The maximum absolute atomic E-state index is 6.57. The van der Waals surface area contributed by atoms with Gasteiger partial charge in [0.2, 0.25) is 5.28 Å². The topological polar surface area (TPSA) is 43.1 Å². The Kier molecular flexibility index (Phi) is 3.54. The van der Waals surface area contributed by atoms with Crippen LogP contribution in [-0.4, -0.2) is 19.4 Å². The first-order valence-corrected chi connectivity index (χ1v) is 9.87. The van der Waals surface area contributed by atoms with Crippen LogP contribution in [0.2, 0.25) is 10.4 Å². The number of imidazole rings is 1. The van der Waals surface area contributed by atoms with Crippen molar-refractivity contribution in [3.63, 3.8) is 0 Å². The average Bonchev–Trinajstić information content (AvgIpc) is 3.14. The molecule has 0 radical (unpaired) electrons. The van der Waals surface area contributed by atoms with E-state index >= 15 is 0 Å². The van der Waals surface area contributed by atoms with E-state index in [9.17, 15) is 0 Å². The van der Waals surface area contributed by atoms with Gasteiger partial charge in [-0.2, -0.15) is 0 Å². The summed E-state index contributed by atoms with van der Waals surface area (Å²) >= 11 is 12.7. The summed E-state index contributed by atoms with van der Waals surface area (Å²) < 4.78 is 2.11. The molecule has 138 valence electrons. The van der Waals surface area contributed by atoms with Gasteiger partial charge in [-0.25, -0.2) is 15.0 Å². The Labute approximate surface area is 175 Å². The molecule has 3 aromatic heterocycles. The Balaban J connectivity index is 1.88. The number of hydrogen-bond donors (Lipinski definition) is 0. The van der Waals surface area contributed by atoms with Crippen molar-refractivity contribution >= 4 is 61.7 Å². The highest BCUT2D eigenvalue weighted by Crippen LogP contribution is 2.36. The van der Waals surface area contributed by atoms with E-state index in [-0.39, 0.29) is 5.28 Å². The fourth-order valence-corrected chi connectivity index (χ4v) is 4.46. The lowest BCUT2D eigenvalue weighted by Gasteiger charge is -2.11. The summed E-state index contributed by atoms with van der Waals surface area (Å²) in [6, 6.07) is 24.6. The van der Waals surface area contributed by atoms with Crippen molar-refractivity contribution in [1.82, 2.24) is 19.4 Å². The highest BCUT2D eigenvalue weighted by atomic mass is 35.5. The fourth-order valence-electron chi connectivity index (χ4n) is 3.98. The zero-order valence-corrected chi connectivity index (χ0v) is 16.5. The van der Waals surface area contributed by atoms with E-state index < -0.39 is 0 Å². The number of benzene rings is 3. The third kappa shape index (κ3) is 2.43. The molecule has 0 bridgehead atoms. The minimum Gasteiger partial charge on any atom is -0.290 e. The molecule has 29 heavy (non-hydrogen) atoms. The van der Waals surface area contributed by atoms with Crippen LogP contribution in [0.1, 0.15) is 0 Å². The van der Waals surface area contributed by atoms with Crippen molar-refractivity contribution in [3.05, 3.63) is 83.2 Å². The van der Waals surface area contributed by atoms with E-state index in [2.05, 4.69) is 50.8 Å². The molecule has 4 nitrogen and oxygen atoms in total. The maximum Gasteiger partial charge on any atom is 0.224 e. The van der Waals surface area contributed by atoms with Crippen molar-refractivity contribution in [2.75, 3.05) is 0 Å². The summed E-state index contributed by atoms with van der Waals surface area (Å²) in [7, 11) is 0. The van der Waals surface area contributed by atoms with Crippen molar-refractivity contribution in [2.24, 2.45) is 0 Å². The average molecular weight is 415 g/mol. The summed E-state index contributed by atoms with van der Waals surface area (Å²) in [5, 5.41) is 2.14. The molecule has 6 rings (SSSR count). The van der Waals surface area contributed by atoms with Crippen LogP contribution < -0.4 is 0 Å². The maximum atomic E-state index is 6.57. The van der Waals surface area contributed by atoms with E-state index in [4.69, 9.17) is 28.2 Å². The van der Waals surface area contributed by atoms with Crippen molar-refractivity contribution in [3.8, 4) is 11.1 Å². The normalized spacial score (nSPS) is 11.8. The lowest BCUT2D eigenvalue weighted by atomic mass is 10.0. The van der Waals surface area contributed by atoms with E-state index in [1.165, 1.54) is 0 Å². The highest BCUT2D eigenvalue weighted by molar-refractivity contribution is 6.38. The Morgan fingerprint density at radius 1 is 0.690 bits per heavy atom. The molecule has 0 atom stereocenters. The summed E-state index contributed by atoms with van der Waals surface area (Å²) in [4.78, 5) is 13.5. The first kappa shape index (κ1) is 16.7. The van der Waals surface area contributed by atoms with Gasteiger partial charge in [-0.3, -0.25) is 4.40 Å². The van der Waals surface area contributed by atoms with Crippen LogP contribution in [0.15, 0.2) is 72.8 Å². The van der Waals surface area contributed by atoms with E-state index in [0.717, 1.165) is 38.4 Å². The first-order valence-electron chi connectivity index (χ1n) is 9.12. The summed E-state index contributed by atoms with van der Waals surface area (Å²) in [6.07, 6.45) is 0. The monoisotopic (exact) mass is 414 g/mol.